The van der Waals surface area contributed by atoms with Gasteiger partial charge in [0.25, 0.3) is 0 Å². The van der Waals surface area contributed by atoms with Crippen LogP contribution in [0.1, 0.15) is 45.4 Å². The Bertz CT molecular complexity index is 474. The summed E-state index contributed by atoms with van der Waals surface area (Å²) in [4.78, 5) is 14.9. The summed E-state index contributed by atoms with van der Waals surface area (Å²) in [7, 11) is -3.32. The maximum absolute atomic E-state index is 12.5. The summed E-state index contributed by atoms with van der Waals surface area (Å²) < 4.78 is 25.0. The van der Waals surface area contributed by atoms with Crippen LogP contribution in [0, 0.1) is 0 Å². The maximum atomic E-state index is 12.5. The van der Waals surface area contributed by atoms with Crippen molar-refractivity contribution in [3.63, 3.8) is 0 Å². The Kier molecular flexibility index (Phi) is 6.23. The standard InChI is InChI=1S/C15H29N3O3S/c1-3-13(17-9-6-7-10-17)12-16-15(19)14-8-4-5-11-18(14)22(2,20)21/h13-14H,3-12H2,1-2H3,(H,16,19)/t13-,14+/m0/s1. The molecule has 2 rings (SSSR count). The van der Waals surface area contributed by atoms with Gasteiger partial charge in [0.2, 0.25) is 15.9 Å². The SMILES string of the molecule is CC[C@@H](CNC(=O)[C@H]1CCCCN1S(C)(=O)=O)N1CCCC1. The first-order valence-electron chi connectivity index (χ1n) is 8.42. The molecule has 0 aliphatic carbocycles. The third kappa shape index (κ3) is 4.43. The van der Waals surface area contributed by atoms with Gasteiger partial charge in [-0.1, -0.05) is 13.3 Å². The largest absolute Gasteiger partial charge is 0.353 e. The first-order valence-corrected chi connectivity index (χ1v) is 10.3. The van der Waals surface area contributed by atoms with Crippen molar-refractivity contribution >= 4 is 15.9 Å². The van der Waals surface area contributed by atoms with E-state index in [2.05, 4.69) is 17.1 Å². The molecule has 2 fully saturated rings. The quantitative estimate of drug-likeness (QED) is 0.781. The van der Waals surface area contributed by atoms with Crippen LogP contribution in [0.15, 0.2) is 0 Å². The van der Waals surface area contributed by atoms with E-state index in [1.54, 1.807) is 0 Å². The average molecular weight is 331 g/mol. The second kappa shape index (κ2) is 7.75. The van der Waals surface area contributed by atoms with E-state index in [0.29, 0.717) is 25.6 Å². The molecule has 22 heavy (non-hydrogen) atoms. The Balaban J connectivity index is 1.92. The van der Waals surface area contributed by atoms with Crippen LogP contribution in [0.3, 0.4) is 0 Å². The van der Waals surface area contributed by atoms with Crippen LogP contribution < -0.4 is 5.32 Å². The lowest BCUT2D eigenvalue weighted by Gasteiger charge is -2.33. The first kappa shape index (κ1) is 17.7. The molecule has 0 aromatic carbocycles. The van der Waals surface area contributed by atoms with Gasteiger partial charge < -0.3 is 5.32 Å². The molecule has 0 saturated carbocycles. The summed E-state index contributed by atoms with van der Waals surface area (Å²) in [5.41, 5.74) is 0. The smallest absolute Gasteiger partial charge is 0.238 e. The molecule has 128 valence electrons. The van der Waals surface area contributed by atoms with Crippen LogP contribution in [0.2, 0.25) is 0 Å². The summed E-state index contributed by atoms with van der Waals surface area (Å²) in [5, 5.41) is 3.00. The van der Waals surface area contributed by atoms with Gasteiger partial charge in [-0.05, 0) is 45.2 Å². The highest BCUT2D eigenvalue weighted by Crippen LogP contribution is 2.20. The summed E-state index contributed by atoms with van der Waals surface area (Å²) in [5.74, 6) is -0.136. The number of amides is 1. The number of carbonyl (C=O) groups excluding carboxylic acids is 1. The van der Waals surface area contributed by atoms with E-state index in [-0.39, 0.29) is 5.91 Å². The molecule has 2 heterocycles. The van der Waals surface area contributed by atoms with E-state index in [1.807, 2.05) is 0 Å². The van der Waals surface area contributed by atoms with Crippen molar-refractivity contribution in [3.05, 3.63) is 0 Å². The zero-order valence-corrected chi connectivity index (χ0v) is 14.6. The lowest BCUT2D eigenvalue weighted by Crippen LogP contribution is -2.53. The molecular weight excluding hydrogens is 302 g/mol. The van der Waals surface area contributed by atoms with Gasteiger partial charge in [-0.15, -0.1) is 0 Å². The van der Waals surface area contributed by atoms with Crippen LogP contribution in [0.25, 0.3) is 0 Å². The van der Waals surface area contributed by atoms with E-state index in [9.17, 15) is 13.2 Å². The molecule has 0 spiro atoms. The number of hydrogen-bond donors (Lipinski definition) is 1. The van der Waals surface area contributed by atoms with E-state index in [0.717, 1.165) is 32.4 Å². The van der Waals surface area contributed by atoms with E-state index < -0.39 is 16.1 Å². The highest BCUT2D eigenvalue weighted by molar-refractivity contribution is 7.88. The lowest BCUT2D eigenvalue weighted by molar-refractivity contribution is -0.125. The van der Waals surface area contributed by atoms with E-state index >= 15 is 0 Å². The second-order valence-corrected chi connectivity index (χ2v) is 8.37. The molecule has 0 aromatic heterocycles. The van der Waals surface area contributed by atoms with Crippen molar-refractivity contribution < 1.29 is 13.2 Å². The predicted octanol–water partition coefficient (Wildman–Crippen LogP) is 0.791. The van der Waals surface area contributed by atoms with Gasteiger partial charge in [0.1, 0.15) is 6.04 Å². The topological polar surface area (TPSA) is 69.7 Å². The monoisotopic (exact) mass is 331 g/mol. The summed E-state index contributed by atoms with van der Waals surface area (Å²) in [6, 6.07) is -0.165. The summed E-state index contributed by atoms with van der Waals surface area (Å²) in [6.45, 7) is 5.42. The zero-order valence-electron chi connectivity index (χ0n) is 13.8. The highest BCUT2D eigenvalue weighted by Gasteiger charge is 2.34. The van der Waals surface area contributed by atoms with Crippen LogP contribution in [0.5, 0.6) is 0 Å². The first-order chi connectivity index (χ1) is 10.4. The van der Waals surface area contributed by atoms with Crippen molar-refractivity contribution in [2.45, 2.75) is 57.5 Å². The van der Waals surface area contributed by atoms with E-state index in [4.69, 9.17) is 0 Å². The Morgan fingerprint density at radius 2 is 1.82 bits per heavy atom. The van der Waals surface area contributed by atoms with Gasteiger partial charge in [0.05, 0.1) is 6.26 Å². The number of nitrogens with one attached hydrogen (secondary N) is 1. The Morgan fingerprint density at radius 3 is 2.41 bits per heavy atom. The molecule has 6 nitrogen and oxygen atoms in total. The number of sulfonamides is 1. The molecule has 0 aromatic rings. The minimum atomic E-state index is -3.32. The molecule has 7 heteroatoms. The van der Waals surface area contributed by atoms with Crippen molar-refractivity contribution in [2.24, 2.45) is 0 Å². The van der Waals surface area contributed by atoms with Crippen LogP contribution in [-0.2, 0) is 14.8 Å². The van der Waals surface area contributed by atoms with E-state index in [1.165, 1.54) is 23.4 Å². The van der Waals surface area contributed by atoms with Gasteiger partial charge >= 0.3 is 0 Å². The third-order valence-electron chi connectivity index (χ3n) is 4.82. The molecule has 1 N–H and O–H groups in total. The molecule has 2 aliphatic heterocycles. The van der Waals surface area contributed by atoms with Crippen LogP contribution in [0.4, 0.5) is 0 Å². The molecule has 2 aliphatic rings. The normalized spacial score (nSPS) is 26.0. The fourth-order valence-corrected chi connectivity index (χ4v) is 4.66. The van der Waals surface area contributed by atoms with Crippen LogP contribution in [-0.4, -0.2) is 68.0 Å². The minimum absolute atomic E-state index is 0.136. The number of carbonyl (C=O) groups is 1. The Hall–Kier alpha value is -0.660. The number of hydrogen-bond acceptors (Lipinski definition) is 4. The Labute approximate surface area is 134 Å². The molecule has 2 atom stereocenters. The van der Waals surface area contributed by atoms with Gasteiger partial charge in [0, 0.05) is 19.1 Å². The number of piperidine rings is 1. The summed E-state index contributed by atoms with van der Waals surface area (Å²) in [6.07, 6.45) is 7.03. The minimum Gasteiger partial charge on any atom is -0.353 e. The zero-order chi connectivity index (χ0) is 16.2. The number of rotatable bonds is 6. The fourth-order valence-electron chi connectivity index (χ4n) is 3.54. The maximum Gasteiger partial charge on any atom is 0.238 e. The average Bonchev–Trinajstić information content (AvgIpc) is 3.01. The molecule has 2 saturated heterocycles. The van der Waals surface area contributed by atoms with Crippen molar-refractivity contribution in [1.29, 1.82) is 0 Å². The molecular formula is C15H29N3O3S. The lowest BCUT2D eigenvalue weighted by atomic mass is 10.0. The molecule has 1 amide bonds. The number of likely N-dealkylation sites (tertiary alicyclic amines) is 1. The Morgan fingerprint density at radius 1 is 1.18 bits per heavy atom. The van der Waals surface area contributed by atoms with Gasteiger partial charge in [-0.25, -0.2) is 8.42 Å². The van der Waals surface area contributed by atoms with Gasteiger partial charge in [0.15, 0.2) is 0 Å². The van der Waals surface area contributed by atoms with Crippen LogP contribution >= 0.6 is 0 Å². The number of nitrogens with zero attached hydrogens (tertiary/aromatic N) is 2. The predicted molar refractivity (Wildman–Crippen MR) is 87.1 cm³/mol. The highest BCUT2D eigenvalue weighted by atomic mass is 32.2. The molecule has 0 radical (unpaired) electrons. The van der Waals surface area contributed by atoms with Crippen molar-refractivity contribution in [1.82, 2.24) is 14.5 Å². The second-order valence-electron chi connectivity index (χ2n) is 6.44. The molecule has 0 bridgehead atoms. The molecule has 0 unspecified atom stereocenters. The van der Waals surface area contributed by atoms with Crippen molar-refractivity contribution in [3.8, 4) is 0 Å². The van der Waals surface area contributed by atoms with Crippen molar-refractivity contribution in [2.75, 3.05) is 32.4 Å². The van der Waals surface area contributed by atoms with Gasteiger partial charge in [-0.2, -0.15) is 4.31 Å². The third-order valence-corrected chi connectivity index (χ3v) is 6.11. The fraction of sp³-hybridized carbons (Fsp3) is 0.933. The summed E-state index contributed by atoms with van der Waals surface area (Å²) >= 11 is 0. The van der Waals surface area contributed by atoms with Gasteiger partial charge in [-0.3, -0.25) is 9.69 Å².